The van der Waals surface area contributed by atoms with Crippen LogP contribution in [0, 0.1) is 0 Å². The summed E-state index contributed by atoms with van der Waals surface area (Å²) in [5, 5.41) is 0. The summed E-state index contributed by atoms with van der Waals surface area (Å²) in [7, 11) is 0. The lowest BCUT2D eigenvalue weighted by Crippen LogP contribution is -2.30. The standard InChI is InChI=1S/C71H128O6/c1-4-7-10-13-16-19-22-25-27-29-31-33-34-35-36-38-39-41-43-46-49-52-55-58-61-64-70(73)76-67-68(66-75-69(72)63-60-57-54-51-48-45-24-21-18-15-12-9-6-3)77-71(74)65-62-59-56-53-50-47-44-42-40-37-32-30-28-26-23-20-17-14-11-8-5-2/h21-26,29-32,68H,4-20,27-28,33-67H2,1-3H3/b24-21-,25-22-,26-23-,31-29-,32-30-. The number of ether oxygens (including phenoxy) is 3. The predicted molar refractivity (Wildman–Crippen MR) is 335 cm³/mol. The Hall–Kier alpha value is -2.89. The molecule has 0 fully saturated rings. The Balaban J connectivity index is 4.28. The first-order chi connectivity index (χ1) is 38.0. The highest BCUT2D eigenvalue weighted by Crippen LogP contribution is 2.17. The summed E-state index contributed by atoms with van der Waals surface area (Å²) in [6, 6.07) is 0. The van der Waals surface area contributed by atoms with Gasteiger partial charge in [0.15, 0.2) is 6.10 Å². The van der Waals surface area contributed by atoms with E-state index in [1.165, 1.54) is 238 Å². The molecule has 0 radical (unpaired) electrons. The van der Waals surface area contributed by atoms with Crippen molar-refractivity contribution in [2.75, 3.05) is 13.2 Å². The van der Waals surface area contributed by atoms with Crippen molar-refractivity contribution in [3.63, 3.8) is 0 Å². The van der Waals surface area contributed by atoms with Crippen LogP contribution in [0.15, 0.2) is 60.8 Å². The van der Waals surface area contributed by atoms with Gasteiger partial charge < -0.3 is 14.2 Å². The van der Waals surface area contributed by atoms with Gasteiger partial charge in [-0.25, -0.2) is 0 Å². The van der Waals surface area contributed by atoms with Gasteiger partial charge in [-0.3, -0.25) is 14.4 Å². The van der Waals surface area contributed by atoms with Crippen molar-refractivity contribution in [3.05, 3.63) is 60.8 Å². The maximum atomic E-state index is 12.9. The van der Waals surface area contributed by atoms with Crippen molar-refractivity contribution < 1.29 is 28.6 Å². The number of unbranched alkanes of at least 4 members (excludes halogenated alkanes) is 41. The van der Waals surface area contributed by atoms with Crippen LogP contribution in [0.3, 0.4) is 0 Å². The van der Waals surface area contributed by atoms with Gasteiger partial charge in [-0.1, -0.05) is 287 Å². The molecular weight excluding hydrogens is 949 g/mol. The van der Waals surface area contributed by atoms with Gasteiger partial charge in [0.2, 0.25) is 0 Å². The first kappa shape index (κ1) is 74.1. The highest BCUT2D eigenvalue weighted by atomic mass is 16.6. The minimum atomic E-state index is -0.781. The van der Waals surface area contributed by atoms with E-state index in [1.54, 1.807) is 0 Å². The molecular formula is C71H128O6. The fourth-order valence-electron chi connectivity index (χ4n) is 9.85. The Bertz CT molecular complexity index is 1380. The highest BCUT2D eigenvalue weighted by molar-refractivity contribution is 5.71. The minimum absolute atomic E-state index is 0.0766. The Kier molecular flexibility index (Phi) is 63.2. The van der Waals surface area contributed by atoms with Crippen LogP contribution in [0.4, 0.5) is 0 Å². The Morgan fingerprint density at radius 3 is 0.740 bits per heavy atom. The molecule has 0 aromatic rings. The fourth-order valence-corrected chi connectivity index (χ4v) is 9.85. The summed E-state index contributed by atoms with van der Waals surface area (Å²) in [5.41, 5.74) is 0. The largest absolute Gasteiger partial charge is 0.462 e. The summed E-state index contributed by atoms with van der Waals surface area (Å²) in [6.07, 6.45) is 83.8. The van der Waals surface area contributed by atoms with E-state index in [-0.39, 0.29) is 31.1 Å². The molecule has 0 aliphatic carbocycles. The van der Waals surface area contributed by atoms with Crippen LogP contribution in [-0.4, -0.2) is 37.2 Å². The molecule has 0 spiro atoms. The van der Waals surface area contributed by atoms with Gasteiger partial charge in [0.1, 0.15) is 13.2 Å². The lowest BCUT2D eigenvalue weighted by molar-refractivity contribution is -0.167. The number of rotatable bonds is 62. The number of hydrogen-bond donors (Lipinski definition) is 0. The Labute approximate surface area is 479 Å². The van der Waals surface area contributed by atoms with Gasteiger partial charge in [-0.2, -0.15) is 0 Å². The molecule has 1 atom stereocenters. The van der Waals surface area contributed by atoms with E-state index in [2.05, 4.69) is 81.5 Å². The maximum absolute atomic E-state index is 12.9. The Morgan fingerprint density at radius 2 is 0.468 bits per heavy atom. The summed E-state index contributed by atoms with van der Waals surface area (Å²) in [5.74, 6) is -0.872. The third-order valence-electron chi connectivity index (χ3n) is 15.0. The number of hydrogen-bond acceptors (Lipinski definition) is 6. The number of esters is 3. The lowest BCUT2D eigenvalue weighted by Gasteiger charge is -2.18. The molecule has 0 bridgehead atoms. The van der Waals surface area contributed by atoms with Gasteiger partial charge in [-0.05, 0) is 109 Å². The molecule has 0 N–H and O–H groups in total. The summed E-state index contributed by atoms with van der Waals surface area (Å²) in [4.78, 5) is 38.4. The summed E-state index contributed by atoms with van der Waals surface area (Å²) < 4.78 is 17.0. The molecule has 0 heterocycles. The van der Waals surface area contributed by atoms with Gasteiger partial charge >= 0.3 is 17.9 Å². The molecule has 0 aliphatic heterocycles. The highest BCUT2D eigenvalue weighted by Gasteiger charge is 2.19. The van der Waals surface area contributed by atoms with Crippen LogP contribution in [0.1, 0.15) is 355 Å². The van der Waals surface area contributed by atoms with Crippen LogP contribution in [0.5, 0.6) is 0 Å². The molecule has 0 aliphatic rings. The zero-order valence-corrected chi connectivity index (χ0v) is 51.5. The third kappa shape index (κ3) is 63.8. The van der Waals surface area contributed by atoms with Crippen molar-refractivity contribution in [2.45, 2.75) is 361 Å². The second kappa shape index (κ2) is 65.6. The van der Waals surface area contributed by atoms with E-state index >= 15 is 0 Å². The summed E-state index contributed by atoms with van der Waals surface area (Å²) in [6.45, 7) is 6.64. The molecule has 0 saturated heterocycles. The average molecular weight is 1080 g/mol. The zero-order valence-electron chi connectivity index (χ0n) is 51.5. The second-order valence-electron chi connectivity index (χ2n) is 22.7. The average Bonchev–Trinajstić information content (AvgIpc) is 3.43. The predicted octanol–water partition coefficient (Wildman–Crippen LogP) is 23.1. The van der Waals surface area contributed by atoms with Crippen molar-refractivity contribution in [1.82, 2.24) is 0 Å². The van der Waals surface area contributed by atoms with Crippen molar-refractivity contribution in [3.8, 4) is 0 Å². The Morgan fingerprint density at radius 1 is 0.260 bits per heavy atom. The second-order valence-corrected chi connectivity index (χ2v) is 22.7. The number of carbonyl (C=O) groups is 3. The molecule has 0 amide bonds. The van der Waals surface area contributed by atoms with E-state index in [0.29, 0.717) is 19.3 Å². The van der Waals surface area contributed by atoms with Crippen LogP contribution < -0.4 is 0 Å². The molecule has 6 heteroatoms. The normalized spacial score (nSPS) is 12.4. The van der Waals surface area contributed by atoms with Gasteiger partial charge in [0.25, 0.3) is 0 Å². The van der Waals surface area contributed by atoms with Gasteiger partial charge in [-0.15, -0.1) is 0 Å². The zero-order chi connectivity index (χ0) is 55.7. The molecule has 0 aromatic carbocycles. The van der Waals surface area contributed by atoms with E-state index < -0.39 is 6.10 Å². The van der Waals surface area contributed by atoms with E-state index in [9.17, 15) is 14.4 Å². The van der Waals surface area contributed by atoms with E-state index in [1.807, 2.05) is 0 Å². The van der Waals surface area contributed by atoms with Crippen LogP contribution in [0.25, 0.3) is 0 Å². The minimum Gasteiger partial charge on any atom is -0.462 e. The molecule has 0 aromatic heterocycles. The molecule has 77 heavy (non-hydrogen) atoms. The monoisotopic (exact) mass is 1080 g/mol. The van der Waals surface area contributed by atoms with Crippen LogP contribution in [-0.2, 0) is 28.6 Å². The topological polar surface area (TPSA) is 78.9 Å². The third-order valence-corrected chi connectivity index (χ3v) is 15.0. The van der Waals surface area contributed by atoms with Gasteiger partial charge in [0, 0.05) is 19.3 Å². The SMILES string of the molecule is CCCCCC/C=C\CCCCCCCC(=O)OCC(COC(=O)CCCCCCCCCCCCCCC/C=C\C/C=C\CCCCCCC)OC(=O)CCCCCCCCCCC/C=C\C/C=C\CCCCCCC. The summed E-state index contributed by atoms with van der Waals surface area (Å²) >= 11 is 0. The van der Waals surface area contributed by atoms with Crippen molar-refractivity contribution >= 4 is 17.9 Å². The quantitative estimate of drug-likeness (QED) is 0.0261. The number of carbonyl (C=O) groups excluding carboxylic acids is 3. The first-order valence-electron chi connectivity index (χ1n) is 33.8. The first-order valence-corrected chi connectivity index (χ1v) is 33.8. The molecule has 6 nitrogen and oxygen atoms in total. The van der Waals surface area contributed by atoms with E-state index in [4.69, 9.17) is 14.2 Å². The molecule has 0 rings (SSSR count). The van der Waals surface area contributed by atoms with Crippen LogP contribution >= 0.6 is 0 Å². The lowest BCUT2D eigenvalue weighted by atomic mass is 10.0. The molecule has 1 unspecified atom stereocenters. The van der Waals surface area contributed by atoms with Gasteiger partial charge in [0.05, 0.1) is 0 Å². The fraction of sp³-hybridized carbons (Fsp3) is 0.817. The van der Waals surface area contributed by atoms with Crippen molar-refractivity contribution in [1.29, 1.82) is 0 Å². The molecule has 0 saturated carbocycles. The maximum Gasteiger partial charge on any atom is 0.306 e. The van der Waals surface area contributed by atoms with E-state index in [0.717, 1.165) is 77.0 Å². The smallest absolute Gasteiger partial charge is 0.306 e. The molecule has 448 valence electrons. The number of allylic oxidation sites excluding steroid dienone is 10. The van der Waals surface area contributed by atoms with Crippen molar-refractivity contribution in [2.24, 2.45) is 0 Å². The van der Waals surface area contributed by atoms with Crippen LogP contribution in [0.2, 0.25) is 0 Å².